The van der Waals surface area contributed by atoms with Crippen molar-refractivity contribution in [2.24, 2.45) is 0 Å². The van der Waals surface area contributed by atoms with Gasteiger partial charge in [0.15, 0.2) is 5.76 Å². The van der Waals surface area contributed by atoms with Gasteiger partial charge in [0.2, 0.25) is 5.91 Å². The molecule has 0 aliphatic carbocycles. The average Bonchev–Trinajstić information content (AvgIpc) is 3.05. The first-order valence-electron chi connectivity index (χ1n) is 5.32. The standard InChI is InChI=1S/C11H12N4O3/c16-10(14-6-9-12-3-4-13-9)7-15-11(17)8-2-1-5-18-8/h1-5H,6-7H2,(H,12,13)(H,14,16)(H,15,17). The third-order valence-electron chi connectivity index (χ3n) is 2.16. The van der Waals surface area contributed by atoms with Crippen molar-refractivity contribution in [1.29, 1.82) is 0 Å². The van der Waals surface area contributed by atoms with Crippen LogP contribution in [0.2, 0.25) is 0 Å². The molecule has 18 heavy (non-hydrogen) atoms. The van der Waals surface area contributed by atoms with Gasteiger partial charge in [0, 0.05) is 12.4 Å². The molecule has 0 aromatic carbocycles. The molecule has 0 bridgehead atoms. The molecule has 0 saturated carbocycles. The van der Waals surface area contributed by atoms with Crippen LogP contribution in [-0.2, 0) is 11.3 Å². The van der Waals surface area contributed by atoms with Crippen LogP contribution in [0.4, 0.5) is 0 Å². The molecule has 0 fully saturated rings. The van der Waals surface area contributed by atoms with E-state index in [0.717, 1.165) is 0 Å². The summed E-state index contributed by atoms with van der Waals surface area (Å²) in [6.07, 6.45) is 4.66. The largest absolute Gasteiger partial charge is 0.459 e. The maximum absolute atomic E-state index is 11.4. The van der Waals surface area contributed by atoms with Gasteiger partial charge in [-0.05, 0) is 12.1 Å². The summed E-state index contributed by atoms with van der Waals surface area (Å²) in [5, 5.41) is 5.05. The fraction of sp³-hybridized carbons (Fsp3) is 0.182. The number of nitrogens with zero attached hydrogens (tertiary/aromatic N) is 1. The number of amides is 2. The fourth-order valence-electron chi connectivity index (χ4n) is 1.29. The summed E-state index contributed by atoms with van der Waals surface area (Å²) in [4.78, 5) is 29.7. The number of carbonyl (C=O) groups is 2. The van der Waals surface area contributed by atoms with E-state index in [1.165, 1.54) is 12.3 Å². The van der Waals surface area contributed by atoms with Crippen LogP contribution in [0.5, 0.6) is 0 Å². The molecule has 0 aliphatic heterocycles. The summed E-state index contributed by atoms with van der Waals surface area (Å²) >= 11 is 0. The van der Waals surface area contributed by atoms with Crippen LogP contribution in [0.1, 0.15) is 16.4 Å². The van der Waals surface area contributed by atoms with Gasteiger partial charge in [-0.1, -0.05) is 0 Å². The Hall–Kier alpha value is -2.57. The van der Waals surface area contributed by atoms with Gasteiger partial charge in [-0.2, -0.15) is 0 Å². The van der Waals surface area contributed by atoms with E-state index in [9.17, 15) is 9.59 Å². The molecule has 2 rings (SSSR count). The topological polar surface area (TPSA) is 100 Å². The third kappa shape index (κ3) is 3.21. The molecule has 7 heteroatoms. The number of aromatic amines is 1. The Bertz CT molecular complexity index is 504. The van der Waals surface area contributed by atoms with Crippen LogP contribution in [0.15, 0.2) is 35.2 Å². The summed E-state index contributed by atoms with van der Waals surface area (Å²) < 4.78 is 4.89. The Kier molecular flexibility index (Phi) is 3.75. The van der Waals surface area contributed by atoms with Crippen molar-refractivity contribution in [3.05, 3.63) is 42.4 Å². The number of hydrogen-bond donors (Lipinski definition) is 3. The van der Waals surface area contributed by atoms with Gasteiger partial charge in [-0.25, -0.2) is 4.98 Å². The first kappa shape index (κ1) is 11.9. The lowest BCUT2D eigenvalue weighted by atomic mass is 10.4. The van der Waals surface area contributed by atoms with Crippen LogP contribution in [0, 0.1) is 0 Å². The van der Waals surface area contributed by atoms with E-state index in [4.69, 9.17) is 4.42 Å². The van der Waals surface area contributed by atoms with Crippen LogP contribution >= 0.6 is 0 Å². The molecule has 0 radical (unpaired) electrons. The number of hydrogen-bond acceptors (Lipinski definition) is 4. The van der Waals surface area contributed by atoms with Gasteiger partial charge in [0.25, 0.3) is 5.91 Å². The number of furan rings is 1. The lowest BCUT2D eigenvalue weighted by Crippen LogP contribution is -2.36. The number of carbonyl (C=O) groups excluding carboxylic acids is 2. The Morgan fingerprint density at radius 3 is 2.94 bits per heavy atom. The number of rotatable bonds is 5. The van der Waals surface area contributed by atoms with E-state index >= 15 is 0 Å². The first-order chi connectivity index (χ1) is 8.75. The van der Waals surface area contributed by atoms with Crippen molar-refractivity contribution >= 4 is 11.8 Å². The molecular weight excluding hydrogens is 236 g/mol. The van der Waals surface area contributed by atoms with Crippen molar-refractivity contribution in [1.82, 2.24) is 20.6 Å². The average molecular weight is 248 g/mol. The number of H-pyrrole nitrogens is 1. The fourth-order valence-corrected chi connectivity index (χ4v) is 1.29. The third-order valence-corrected chi connectivity index (χ3v) is 2.16. The zero-order valence-corrected chi connectivity index (χ0v) is 9.47. The molecule has 0 saturated heterocycles. The highest BCUT2D eigenvalue weighted by atomic mass is 16.3. The van der Waals surface area contributed by atoms with Crippen LogP contribution < -0.4 is 10.6 Å². The highest BCUT2D eigenvalue weighted by Crippen LogP contribution is 1.98. The van der Waals surface area contributed by atoms with Crippen LogP contribution in [-0.4, -0.2) is 28.3 Å². The van der Waals surface area contributed by atoms with Crippen molar-refractivity contribution in [2.75, 3.05) is 6.54 Å². The van der Waals surface area contributed by atoms with Crippen molar-refractivity contribution in [3.8, 4) is 0 Å². The Labute approximate surface area is 103 Å². The normalized spacial score (nSPS) is 10.0. The second-order valence-electron chi connectivity index (χ2n) is 3.47. The highest BCUT2D eigenvalue weighted by molar-refractivity contribution is 5.94. The molecule has 0 unspecified atom stereocenters. The molecule has 2 aromatic rings. The Morgan fingerprint density at radius 2 is 2.28 bits per heavy atom. The lowest BCUT2D eigenvalue weighted by Gasteiger charge is -2.04. The second-order valence-corrected chi connectivity index (χ2v) is 3.47. The number of imidazole rings is 1. The monoisotopic (exact) mass is 248 g/mol. The summed E-state index contributed by atoms with van der Waals surface area (Å²) in [5.74, 6) is 0.106. The predicted molar refractivity (Wildman–Crippen MR) is 61.5 cm³/mol. The van der Waals surface area contributed by atoms with Gasteiger partial charge >= 0.3 is 0 Å². The molecule has 94 valence electrons. The molecule has 2 aromatic heterocycles. The summed E-state index contributed by atoms with van der Waals surface area (Å²) in [6, 6.07) is 3.13. The molecule has 2 heterocycles. The van der Waals surface area contributed by atoms with Crippen LogP contribution in [0.3, 0.4) is 0 Å². The van der Waals surface area contributed by atoms with E-state index in [-0.39, 0.29) is 18.2 Å². The minimum atomic E-state index is -0.423. The van der Waals surface area contributed by atoms with Crippen LogP contribution in [0.25, 0.3) is 0 Å². The maximum atomic E-state index is 11.4. The molecule has 3 N–H and O–H groups in total. The van der Waals surface area contributed by atoms with E-state index in [0.29, 0.717) is 12.4 Å². The lowest BCUT2D eigenvalue weighted by molar-refractivity contribution is -0.120. The zero-order chi connectivity index (χ0) is 12.8. The number of aromatic nitrogens is 2. The number of nitrogens with one attached hydrogen (secondary N) is 3. The molecule has 2 amide bonds. The quantitative estimate of drug-likeness (QED) is 0.696. The smallest absolute Gasteiger partial charge is 0.287 e. The zero-order valence-electron chi connectivity index (χ0n) is 9.47. The van der Waals surface area contributed by atoms with E-state index in [1.807, 2.05) is 0 Å². The minimum Gasteiger partial charge on any atom is -0.459 e. The predicted octanol–water partition coefficient (Wildman–Crippen LogP) is 0.0489. The first-order valence-corrected chi connectivity index (χ1v) is 5.32. The SMILES string of the molecule is O=C(CNC(=O)c1ccco1)NCc1ncc[nH]1. The highest BCUT2D eigenvalue weighted by Gasteiger charge is 2.09. The summed E-state index contributed by atoms with van der Waals surface area (Å²) in [5.41, 5.74) is 0. The maximum Gasteiger partial charge on any atom is 0.287 e. The van der Waals surface area contributed by atoms with Gasteiger partial charge in [0.1, 0.15) is 5.82 Å². The van der Waals surface area contributed by atoms with Crippen molar-refractivity contribution in [3.63, 3.8) is 0 Å². The van der Waals surface area contributed by atoms with Gasteiger partial charge in [0.05, 0.1) is 19.4 Å². The molecule has 0 aliphatic rings. The van der Waals surface area contributed by atoms with E-state index < -0.39 is 5.91 Å². The van der Waals surface area contributed by atoms with Gasteiger partial charge in [-0.15, -0.1) is 0 Å². The summed E-state index contributed by atoms with van der Waals surface area (Å²) in [7, 11) is 0. The molecule has 7 nitrogen and oxygen atoms in total. The van der Waals surface area contributed by atoms with E-state index in [1.54, 1.807) is 18.5 Å². The summed E-state index contributed by atoms with van der Waals surface area (Å²) in [6.45, 7) is 0.183. The Balaban J connectivity index is 1.70. The van der Waals surface area contributed by atoms with Crippen molar-refractivity contribution < 1.29 is 14.0 Å². The molecular formula is C11H12N4O3. The molecule has 0 atom stereocenters. The van der Waals surface area contributed by atoms with E-state index in [2.05, 4.69) is 20.6 Å². The van der Waals surface area contributed by atoms with Gasteiger partial charge < -0.3 is 20.0 Å². The van der Waals surface area contributed by atoms with Crippen molar-refractivity contribution in [2.45, 2.75) is 6.54 Å². The van der Waals surface area contributed by atoms with Gasteiger partial charge in [-0.3, -0.25) is 9.59 Å². The molecule has 0 spiro atoms. The second kappa shape index (κ2) is 5.67. The minimum absolute atomic E-state index is 0.111. The Morgan fingerprint density at radius 1 is 1.39 bits per heavy atom.